The van der Waals surface area contributed by atoms with E-state index >= 15 is 0 Å². The lowest BCUT2D eigenvalue weighted by atomic mass is 9.92. The lowest BCUT2D eigenvalue weighted by Crippen LogP contribution is -2.44. The van der Waals surface area contributed by atoms with Crippen molar-refractivity contribution in [2.45, 2.75) is 44.7 Å². The molecule has 2 heterocycles. The van der Waals surface area contributed by atoms with E-state index in [0.717, 1.165) is 36.3 Å². The Morgan fingerprint density at radius 2 is 2.00 bits per heavy atom. The van der Waals surface area contributed by atoms with Gasteiger partial charge < -0.3 is 14.6 Å². The maximum absolute atomic E-state index is 13.3. The number of imide groups is 1. The molecule has 0 saturated carbocycles. The summed E-state index contributed by atoms with van der Waals surface area (Å²) < 4.78 is 18.7. The van der Waals surface area contributed by atoms with Crippen molar-refractivity contribution in [3.8, 4) is 0 Å². The molecule has 7 nitrogen and oxygen atoms in total. The van der Waals surface area contributed by atoms with Crippen molar-refractivity contribution < 1.29 is 23.2 Å². The molecule has 0 unspecified atom stereocenters. The average Bonchev–Trinajstić information content (AvgIpc) is 3.36. The molecule has 4 amide bonds. The minimum Gasteiger partial charge on any atom is -0.467 e. The lowest BCUT2D eigenvalue weighted by molar-refractivity contribution is -0.138. The molecule has 1 aromatic carbocycles. The van der Waals surface area contributed by atoms with E-state index in [4.69, 9.17) is 4.42 Å². The van der Waals surface area contributed by atoms with Crippen LogP contribution in [0.4, 0.5) is 9.18 Å². The molecular weight excluding hydrogens is 401 g/mol. The zero-order valence-corrected chi connectivity index (χ0v) is 17.3. The van der Waals surface area contributed by atoms with Crippen LogP contribution in [0.2, 0.25) is 0 Å². The SMILES string of the molecule is C[C@@]1(c2ccc(F)cc2)NC(=O)N(CC(=O)N(Cc2ccco2)C2=CCCCC2)C1=O. The Morgan fingerprint density at radius 1 is 1.23 bits per heavy atom. The minimum atomic E-state index is -1.36. The van der Waals surface area contributed by atoms with Crippen molar-refractivity contribution in [3.63, 3.8) is 0 Å². The molecule has 0 spiro atoms. The van der Waals surface area contributed by atoms with Crippen molar-refractivity contribution >= 4 is 17.8 Å². The highest BCUT2D eigenvalue weighted by Gasteiger charge is 2.49. The van der Waals surface area contributed by atoms with Crippen LogP contribution in [0.15, 0.2) is 58.9 Å². The van der Waals surface area contributed by atoms with Gasteiger partial charge in [0.1, 0.15) is 23.7 Å². The molecule has 2 aliphatic rings. The highest BCUT2D eigenvalue weighted by atomic mass is 19.1. The number of furan rings is 1. The summed E-state index contributed by atoms with van der Waals surface area (Å²) in [6.45, 7) is 1.39. The standard InChI is InChI=1S/C23H24FN3O4/c1-23(16-9-11-17(24)12-10-16)21(29)27(22(30)25-23)15-20(28)26(14-19-8-5-13-31-19)18-6-3-2-4-7-18/h5-6,8-13H,2-4,7,14-15H2,1H3,(H,25,30)/t23-/m0/s1. The zero-order valence-electron chi connectivity index (χ0n) is 17.3. The minimum absolute atomic E-state index is 0.233. The number of halogens is 1. The summed E-state index contributed by atoms with van der Waals surface area (Å²) in [7, 11) is 0. The molecular formula is C23H24FN3O4. The number of carbonyl (C=O) groups is 3. The predicted octanol–water partition coefficient (Wildman–Crippen LogP) is 3.67. The fourth-order valence-electron chi connectivity index (χ4n) is 4.01. The monoisotopic (exact) mass is 425 g/mol. The molecule has 0 bridgehead atoms. The lowest BCUT2D eigenvalue weighted by Gasteiger charge is -2.28. The molecule has 1 N–H and O–H groups in total. The Labute approximate surface area is 179 Å². The van der Waals surface area contributed by atoms with Gasteiger partial charge in [0.2, 0.25) is 5.91 Å². The zero-order chi connectivity index (χ0) is 22.0. The van der Waals surface area contributed by atoms with Crippen molar-refractivity contribution in [2.75, 3.05) is 6.54 Å². The van der Waals surface area contributed by atoms with Crippen LogP contribution in [0.25, 0.3) is 0 Å². The first-order chi connectivity index (χ1) is 14.9. The van der Waals surface area contributed by atoms with Crippen molar-refractivity contribution in [2.24, 2.45) is 0 Å². The number of nitrogens with one attached hydrogen (secondary N) is 1. The Balaban J connectivity index is 1.55. The van der Waals surface area contributed by atoms with Gasteiger partial charge in [-0.15, -0.1) is 0 Å². The Hall–Kier alpha value is -3.42. The molecule has 1 atom stereocenters. The van der Waals surface area contributed by atoms with E-state index in [-0.39, 0.29) is 19.0 Å². The van der Waals surface area contributed by atoms with Gasteiger partial charge in [-0.2, -0.15) is 0 Å². The number of urea groups is 1. The second-order valence-electron chi connectivity index (χ2n) is 7.95. The second-order valence-corrected chi connectivity index (χ2v) is 7.95. The summed E-state index contributed by atoms with van der Waals surface area (Å²) in [5.74, 6) is -0.733. The number of allylic oxidation sites excluding steroid dienone is 2. The van der Waals surface area contributed by atoms with Gasteiger partial charge in [-0.1, -0.05) is 18.2 Å². The number of benzene rings is 1. The Morgan fingerprint density at radius 3 is 2.65 bits per heavy atom. The highest BCUT2D eigenvalue weighted by Crippen LogP contribution is 2.30. The smallest absolute Gasteiger partial charge is 0.325 e. The van der Waals surface area contributed by atoms with Crippen LogP contribution in [-0.4, -0.2) is 34.2 Å². The van der Waals surface area contributed by atoms with Crippen LogP contribution in [0.1, 0.15) is 43.9 Å². The molecule has 8 heteroatoms. The van der Waals surface area contributed by atoms with E-state index in [1.165, 1.54) is 24.3 Å². The van der Waals surface area contributed by atoms with Crippen LogP contribution < -0.4 is 5.32 Å². The summed E-state index contributed by atoms with van der Waals surface area (Å²) in [6, 6.07) is 8.25. The first-order valence-corrected chi connectivity index (χ1v) is 10.3. The maximum Gasteiger partial charge on any atom is 0.325 e. The number of hydrogen-bond donors (Lipinski definition) is 1. The van der Waals surface area contributed by atoms with Crippen LogP contribution in [0.3, 0.4) is 0 Å². The van der Waals surface area contributed by atoms with Crippen molar-refractivity contribution in [3.05, 3.63) is 71.6 Å². The van der Waals surface area contributed by atoms with E-state index in [2.05, 4.69) is 5.32 Å². The van der Waals surface area contributed by atoms with Crippen LogP contribution in [-0.2, 0) is 21.7 Å². The summed E-state index contributed by atoms with van der Waals surface area (Å²) in [5, 5.41) is 2.65. The quantitative estimate of drug-likeness (QED) is 0.716. The van der Waals surface area contributed by atoms with Gasteiger partial charge in [0.05, 0.1) is 12.8 Å². The first kappa shape index (κ1) is 20.8. The van der Waals surface area contributed by atoms with E-state index in [0.29, 0.717) is 11.3 Å². The van der Waals surface area contributed by atoms with Gasteiger partial charge >= 0.3 is 6.03 Å². The van der Waals surface area contributed by atoms with Gasteiger partial charge in [-0.25, -0.2) is 9.18 Å². The van der Waals surface area contributed by atoms with Gasteiger partial charge in [0, 0.05) is 5.70 Å². The van der Waals surface area contributed by atoms with Gasteiger partial charge in [0.15, 0.2) is 0 Å². The molecule has 2 aromatic rings. The van der Waals surface area contributed by atoms with E-state index < -0.39 is 23.3 Å². The van der Waals surface area contributed by atoms with Crippen molar-refractivity contribution in [1.29, 1.82) is 0 Å². The van der Waals surface area contributed by atoms with Gasteiger partial charge in [-0.3, -0.25) is 14.5 Å². The van der Waals surface area contributed by atoms with Crippen LogP contribution >= 0.6 is 0 Å². The number of carbonyl (C=O) groups excluding carboxylic acids is 3. The molecule has 1 aromatic heterocycles. The topological polar surface area (TPSA) is 82.9 Å². The first-order valence-electron chi connectivity index (χ1n) is 10.3. The fourth-order valence-corrected chi connectivity index (χ4v) is 4.01. The van der Waals surface area contributed by atoms with Crippen LogP contribution in [0, 0.1) is 5.82 Å². The number of hydrogen-bond acceptors (Lipinski definition) is 4. The van der Waals surface area contributed by atoms with Crippen molar-refractivity contribution in [1.82, 2.24) is 15.1 Å². The maximum atomic E-state index is 13.3. The second kappa shape index (κ2) is 8.37. The summed E-state index contributed by atoms with van der Waals surface area (Å²) in [4.78, 5) is 41.5. The highest BCUT2D eigenvalue weighted by molar-refractivity contribution is 6.09. The largest absolute Gasteiger partial charge is 0.467 e. The Kier molecular flexibility index (Phi) is 5.63. The van der Waals surface area contributed by atoms with Crippen LogP contribution in [0.5, 0.6) is 0 Å². The van der Waals surface area contributed by atoms with Gasteiger partial charge in [0.25, 0.3) is 5.91 Å². The molecule has 1 aliphatic heterocycles. The Bertz CT molecular complexity index is 1020. The third kappa shape index (κ3) is 4.10. The molecule has 0 radical (unpaired) electrons. The summed E-state index contributed by atoms with van der Waals surface area (Å²) in [6.07, 6.45) is 7.23. The number of rotatable bonds is 6. The molecule has 1 fully saturated rings. The van der Waals surface area contributed by atoms with E-state index in [1.54, 1.807) is 30.2 Å². The summed E-state index contributed by atoms with van der Waals surface area (Å²) in [5.41, 5.74) is -0.0355. The molecule has 1 aliphatic carbocycles. The third-order valence-corrected chi connectivity index (χ3v) is 5.80. The molecule has 31 heavy (non-hydrogen) atoms. The normalized spacial score (nSPS) is 21.1. The molecule has 1 saturated heterocycles. The van der Waals surface area contributed by atoms with Gasteiger partial charge in [-0.05, 0) is 62.4 Å². The average molecular weight is 425 g/mol. The number of nitrogens with zero attached hydrogens (tertiary/aromatic N) is 2. The fraction of sp³-hybridized carbons (Fsp3) is 0.348. The predicted molar refractivity (Wildman–Crippen MR) is 110 cm³/mol. The van der Waals surface area contributed by atoms with E-state index in [1.807, 2.05) is 6.08 Å². The molecule has 4 rings (SSSR count). The van der Waals surface area contributed by atoms with E-state index in [9.17, 15) is 18.8 Å². The third-order valence-electron chi connectivity index (χ3n) is 5.80. The number of amides is 4. The summed E-state index contributed by atoms with van der Waals surface area (Å²) >= 11 is 0. The molecule has 162 valence electrons.